The average molecular weight is 300 g/mol. The summed E-state index contributed by atoms with van der Waals surface area (Å²) in [5.74, 6) is 0.814. The highest BCUT2D eigenvalue weighted by molar-refractivity contribution is 6.08. The first-order valence-electron chi connectivity index (χ1n) is 9.09. The molecule has 3 heteroatoms. The summed E-state index contributed by atoms with van der Waals surface area (Å²) < 4.78 is 0. The summed E-state index contributed by atoms with van der Waals surface area (Å²) in [6, 6.07) is 7.06. The van der Waals surface area contributed by atoms with Gasteiger partial charge in [-0.15, -0.1) is 0 Å². The molecule has 0 radical (unpaired) electrons. The van der Waals surface area contributed by atoms with Crippen molar-refractivity contribution in [3.8, 4) is 0 Å². The molecule has 0 unspecified atom stereocenters. The predicted octanol–water partition coefficient (Wildman–Crippen LogP) is 2.58. The number of rotatable bonds is 8. The monoisotopic (exact) mass is 300 g/mol. The van der Waals surface area contributed by atoms with Crippen LogP contribution in [0.3, 0.4) is 0 Å². The van der Waals surface area contributed by atoms with Crippen LogP contribution in [0.4, 0.5) is 0 Å². The van der Waals surface area contributed by atoms with E-state index in [4.69, 9.17) is 5.73 Å². The van der Waals surface area contributed by atoms with Gasteiger partial charge in [-0.2, -0.15) is 0 Å². The highest BCUT2D eigenvalue weighted by atomic mass is 15.2. The van der Waals surface area contributed by atoms with Gasteiger partial charge in [0.25, 0.3) is 0 Å². The fourth-order valence-electron chi connectivity index (χ4n) is 3.60. The third-order valence-corrected chi connectivity index (χ3v) is 5.43. The molecule has 1 aliphatic heterocycles. The summed E-state index contributed by atoms with van der Waals surface area (Å²) in [5.41, 5.74) is 10.9. The zero-order valence-corrected chi connectivity index (χ0v) is 15.0. The van der Waals surface area contributed by atoms with Crippen molar-refractivity contribution < 1.29 is 0 Å². The van der Waals surface area contributed by atoms with Gasteiger partial charge >= 0.3 is 0 Å². The first-order valence-corrected chi connectivity index (χ1v) is 9.09. The molecule has 0 bridgehead atoms. The van der Waals surface area contributed by atoms with Gasteiger partial charge in [0, 0.05) is 25.2 Å². The van der Waals surface area contributed by atoms with Crippen LogP contribution in [0.25, 0.3) is 0 Å². The molecule has 1 saturated heterocycles. The van der Waals surface area contributed by atoms with Crippen LogP contribution in [-0.4, -0.2) is 37.9 Å². The SMILES string of the molecule is BCCc1ccc(CC2CN(CC(N)(CC)CC)C2)c(C)c1. The Hall–Kier alpha value is -0.795. The predicted molar refractivity (Wildman–Crippen MR) is 99.4 cm³/mol. The maximum Gasteiger partial charge on any atom is 0.101 e. The van der Waals surface area contributed by atoms with Crippen molar-refractivity contribution in [1.29, 1.82) is 0 Å². The molecule has 1 fully saturated rings. The highest BCUT2D eigenvalue weighted by Crippen LogP contribution is 2.25. The molecule has 2 N–H and O–H groups in total. The van der Waals surface area contributed by atoms with E-state index in [1.54, 1.807) is 0 Å². The molecule has 0 saturated carbocycles. The topological polar surface area (TPSA) is 29.3 Å². The van der Waals surface area contributed by atoms with Crippen LogP contribution in [-0.2, 0) is 12.8 Å². The van der Waals surface area contributed by atoms with E-state index < -0.39 is 0 Å². The zero-order chi connectivity index (χ0) is 16.2. The standard InChI is InChI=1S/C19H33BN2/c1-4-19(21,5-2)14-22-12-17(13-22)11-18-7-6-16(8-9-20)10-15(18)3/h6-7,10,17H,4-5,8-9,11-14,20-21H2,1-3H3. The molecule has 2 nitrogen and oxygen atoms in total. The van der Waals surface area contributed by atoms with E-state index in [1.165, 1.54) is 48.9 Å². The Morgan fingerprint density at radius 2 is 1.95 bits per heavy atom. The van der Waals surface area contributed by atoms with E-state index in [0.29, 0.717) is 0 Å². The van der Waals surface area contributed by atoms with Gasteiger partial charge in [0.05, 0.1) is 0 Å². The fourth-order valence-corrected chi connectivity index (χ4v) is 3.60. The number of aryl methyl sites for hydroxylation is 2. The van der Waals surface area contributed by atoms with Crippen LogP contribution >= 0.6 is 0 Å². The molecule has 1 aliphatic rings. The molecule has 0 aliphatic carbocycles. The van der Waals surface area contributed by atoms with Gasteiger partial charge in [-0.25, -0.2) is 0 Å². The number of nitrogens with two attached hydrogens (primary N) is 1. The summed E-state index contributed by atoms with van der Waals surface area (Å²) in [5, 5.41) is 0. The Morgan fingerprint density at radius 3 is 2.50 bits per heavy atom. The van der Waals surface area contributed by atoms with Crippen molar-refractivity contribution in [3.05, 3.63) is 34.9 Å². The summed E-state index contributed by atoms with van der Waals surface area (Å²) in [6.07, 6.45) is 5.80. The molecular formula is C19H33BN2. The third-order valence-electron chi connectivity index (χ3n) is 5.43. The second-order valence-corrected chi connectivity index (χ2v) is 7.34. The Morgan fingerprint density at radius 1 is 1.27 bits per heavy atom. The molecule has 0 atom stereocenters. The van der Waals surface area contributed by atoms with Crippen molar-refractivity contribution in [3.63, 3.8) is 0 Å². The number of benzene rings is 1. The molecule has 0 aromatic heterocycles. The van der Waals surface area contributed by atoms with Gasteiger partial charge in [-0.05, 0) is 55.2 Å². The zero-order valence-electron chi connectivity index (χ0n) is 15.0. The summed E-state index contributed by atoms with van der Waals surface area (Å²) >= 11 is 0. The molecule has 0 amide bonds. The molecule has 22 heavy (non-hydrogen) atoms. The van der Waals surface area contributed by atoms with Crippen LogP contribution < -0.4 is 5.73 Å². The Labute approximate surface area is 137 Å². The fraction of sp³-hybridized carbons (Fsp3) is 0.684. The second-order valence-electron chi connectivity index (χ2n) is 7.34. The van der Waals surface area contributed by atoms with Crippen LogP contribution in [0.1, 0.15) is 43.4 Å². The number of nitrogens with zero attached hydrogens (tertiary/aromatic N) is 1. The van der Waals surface area contributed by atoms with Gasteiger partial charge in [0.2, 0.25) is 0 Å². The second kappa shape index (κ2) is 7.65. The largest absolute Gasteiger partial charge is 0.324 e. The van der Waals surface area contributed by atoms with Crippen LogP contribution in [0.15, 0.2) is 18.2 Å². The third kappa shape index (κ3) is 4.36. The van der Waals surface area contributed by atoms with Crippen molar-refractivity contribution >= 4 is 7.85 Å². The van der Waals surface area contributed by atoms with Gasteiger partial charge in [0.15, 0.2) is 0 Å². The van der Waals surface area contributed by atoms with Crippen molar-refractivity contribution in [2.24, 2.45) is 11.7 Å². The number of hydrogen-bond donors (Lipinski definition) is 1. The summed E-state index contributed by atoms with van der Waals surface area (Å²) in [4.78, 5) is 2.54. The summed E-state index contributed by atoms with van der Waals surface area (Å²) in [7, 11) is 2.25. The first-order chi connectivity index (χ1) is 10.5. The average Bonchev–Trinajstić information content (AvgIpc) is 2.47. The van der Waals surface area contributed by atoms with E-state index in [0.717, 1.165) is 25.3 Å². The molecule has 1 heterocycles. The lowest BCUT2D eigenvalue weighted by Crippen LogP contribution is -2.57. The van der Waals surface area contributed by atoms with Gasteiger partial charge in [-0.1, -0.05) is 38.4 Å². The smallest absolute Gasteiger partial charge is 0.101 e. The van der Waals surface area contributed by atoms with Crippen molar-refractivity contribution in [1.82, 2.24) is 4.90 Å². The van der Waals surface area contributed by atoms with Crippen LogP contribution in [0.2, 0.25) is 6.32 Å². The maximum atomic E-state index is 6.43. The Balaban J connectivity index is 1.83. The lowest BCUT2D eigenvalue weighted by atomic mass is 9.86. The molecular weight excluding hydrogens is 267 g/mol. The minimum Gasteiger partial charge on any atom is -0.324 e. The van der Waals surface area contributed by atoms with Crippen LogP contribution in [0.5, 0.6) is 0 Å². The molecule has 1 aromatic carbocycles. The number of likely N-dealkylation sites (tertiary alicyclic amines) is 1. The van der Waals surface area contributed by atoms with Gasteiger partial charge in [-0.3, -0.25) is 0 Å². The van der Waals surface area contributed by atoms with Gasteiger partial charge in [0.1, 0.15) is 7.85 Å². The molecule has 0 spiro atoms. The quantitative estimate of drug-likeness (QED) is 0.748. The van der Waals surface area contributed by atoms with E-state index in [1.807, 2.05) is 0 Å². The number of hydrogen-bond acceptors (Lipinski definition) is 2. The lowest BCUT2D eigenvalue weighted by Gasteiger charge is -2.44. The normalized spacial score (nSPS) is 16.7. The van der Waals surface area contributed by atoms with Crippen LogP contribution in [0, 0.1) is 12.8 Å². The van der Waals surface area contributed by atoms with E-state index >= 15 is 0 Å². The van der Waals surface area contributed by atoms with E-state index in [-0.39, 0.29) is 5.54 Å². The van der Waals surface area contributed by atoms with Crippen molar-refractivity contribution in [2.75, 3.05) is 19.6 Å². The minimum atomic E-state index is 0.0166. The minimum absolute atomic E-state index is 0.0166. The first kappa shape index (κ1) is 17.6. The maximum absolute atomic E-state index is 6.43. The lowest BCUT2D eigenvalue weighted by molar-refractivity contribution is 0.0705. The molecule has 1 aromatic rings. The van der Waals surface area contributed by atoms with Crippen molar-refractivity contribution in [2.45, 2.75) is 58.3 Å². The van der Waals surface area contributed by atoms with E-state index in [2.05, 4.69) is 51.7 Å². The Kier molecular flexibility index (Phi) is 6.11. The molecule has 2 rings (SSSR count). The highest BCUT2D eigenvalue weighted by Gasteiger charge is 2.32. The van der Waals surface area contributed by atoms with Gasteiger partial charge < -0.3 is 10.6 Å². The molecule has 122 valence electrons. The summed E-state index contributed by atoms with van der Waals surface area (Å²) in [6.45, 7) is 10.2. The Bertz CT molecular complexity index is 476. The van der Waals surface area contributed by atoms with E-state index in [9.17, 15) is 0 Å².